The maximum atomic E-state index is 12.5. The number of nitrogens with one attached hydrogen (secondary N) is 1. The van der Waals surface area contributed by atoms with Gasteiger partial charge in [0.15, 0.2) is 0 Å². The first-order valence-electron chi connectivity index (χ1n) is 8.23. The number of thioether (sulfide) groups is 1. The van der Waals surface area contributed by atoms with Crippen molar-refractivity contribution < 1.29 is 9.53 Å². The van der Waals surface area contributed by atoms with Gasteiger partial charge in [-0.1, -0.05) is 0 Å². The van der Waals surface area contributed by atoms with Gasteiger partial charge in [-0.15, -0.1) is 0 Å². The van der Waals surface area contributed by atoms with Crippen LogP contribution in [0.1, 0.15) is 12.8 Å². The molecule has 1 amide bonds. The number of amides is 1. The predicted octanol–water partition coefficient (Wildman–Crippen LogP) is 0.262. The van der Waals surface area contributed by atoms with E-state index in [-0.39, 0.29) is 6.04 Å². The van der Waals surface area contributed by atoms with E-state index < -0.39 is 0 Å². The monoisotopic (exact) mass is 313 g/mol. The van der Waals surface area contributed by atoms with Crippen molar-refractivity contribution in [3.05, 3.63) is 0 Å². The summed E-state index contributed by atoms with van der Waals surface area (Å²) < 4.78 is 5.40. The maximum absolute atomic E-state index is 12.5. The summed E-state index contributed by atoms with van der Waals surface area (Å²) in [5, 5.41) is 3.36. The second-order valence-electron chi connectivity index (χ2n) is 6.26. The molecule has 5 nitrogen and oxygen atoms in total. The number of carbonyl (C=O) groups excluding carboxylic acids is 1. The van der Waals surface area contributed by atoms with Crippen LogP contribution in [-0.2, 0) is 9.53 Å². The molecule has 3 heterocycles. The summed E-state index contributed by atoms with van der Waals surface area (Å²) in [6, 6.07) is 0.0551. The number of rotatable bonds is 3. The molecule has 3 rings (SSSR count). The Morgan fingerprint density at radius 1 is 1.19 bits per heavy atom. The van der Waals surface area contributed by atoms with Gasteiger partial charge in [0.25, 0.3) is 0 Å². The van der Waals surface area contributed by atoms with Crippen LogP contribution in [0.3, 0.4) is 0 Å². The number of carbonyl (C=O) groups is 1. The first kappa shape index (κ1) is 15.6. The van der Waals surface area contributed by atoms with E-state index in [9.17, 15) is 4.79 Å². The molecular formula is C15H27N3O2S. The smallest absolute Gasteiger partial charge is 0.240 e. The molecular weight excluding hydrogens is 286 g/mol. The first-order valence-corrected chi connectivity index (χ1v) is 9.38. The lowest BCUT2D eigenvalue weighted by Crippen LogP contribution is -2.53. The summed E-state index contributed by atoms with van der Waals surface area (Å²) in [4.78, 5) is 17.1. The van der Waals surface area contributed by atoms with E-state index in [0.29, 0.717) is 5.91 Å². The van der Waals surface area contributed by atoms with E-state index in [2.05, 4.69) is 15.1 Å². The van der Waals surface area contributed by atoms with E-state index >= 15 is 0 Å². The van der Waals surface area contributed by atoms with Crippen molar-refractivity contribution >= 4 is 17.7 Å². The van der Waals surface area contributed by atoms with Crippen LogP contribution >= 0.6 is 11.8 Å². The van der Waals surface area contributed by atoms with Crippen LogP contribution < -0.4 is 5.32 Å². The Balaban J connectivity index is 1.40. The molecule has 1 unspecified atom stereocenters. The van der Waals surface area contributed by atoms with Crippen LogP contribution in [0.25, 0.3) is 0 Å². The molecule has 0 bridgehead atoms. The van der Waals surface area contributed by atoms with Gasteiger partial charge in [-0.05, 0) is 18.8 Å². The van der Waals surface area contributed by atoms with E-state index in [0.717, 1.165) is 76.2 Å². The Morgan fingerprint density at radius 2 is 1.95 bits per heavy atom. The average Bonchev–Trinajstić information content (AvgIpc) is 2.57. The molecule has 120 valence electrons. The Morgan fingerprint density at radius 3 is 2.62 bits per heavy atom. The van der Waals surface area contributed by atoms with E-state index in [1.807, 2.05) is 11.8 Å². The maximum Gasteiger partial charge on any atom is 0.240 e. The van der Waals surface area contributed by atoms with E-state index in [1.165, 1.54) is 6.54 Å². The minimum atomic E-state index is 0.0551. The van der Waals surface area contributed by atoms with Crippen LogP contribution in [0.2, 0.25) is 0 Å². The molecule has 6 heteroatoms. The van der Waals surface area contributed by atoms with Gasteiger partial charge in [0, 0.05) is 50.8 Å². The summed E-state index contributed by atoms with van der Waals surface area (Å²) in [5.41, 5.74) is 0. The molecule has 3 aliphatic rings. The van der Waals surface area contributed by atoms with Gasteiger partial charge < -0.3 is 15.0 Å². The molecule has 1 N–H and O–H groups in total. The van der Waals surface area contributed by atoms with Gasteiger partial charge in [0.1, 0.15) is 0 Å². The molecule has 0 aliphatic carbocycles. The zero-order valence-corrected chi connectivity index (χ0v) is 13.6. The molecule has 0 aromatic heterocycles. The highest BCUT2D eigenvalue weighted by Gasteiger charge is 2.29. The number of piperidine rings is 1. The van der Waals surface area contributed by atoms with E-state index in [4.69, 9.17) is 4.74 Å². The molecule has 0 aromatic carbocycles. The normalized spacial score (nSPS) is 29.5. The van der Waals surface area contributed by atoms with Gasteiger partial charge in [-0.25, -0.2) is 0 Å². The second-order valence-corrected chi connectivity index (χ2v) is 7.41. The minimum Gasteiger partial charge on any atom is -0.379 e. The van der Waals surface area contributed by atoms with Crippen LogP contribution in [-0.4, -0.2) is 85.7 Å². The molecule has 3 fully saturated rings. The molecule has 3 aliphatic heterocycles. The third kappa shape index (κ3) is 4.34. The number of morpholine rings is 1. The summed E-state index contributed by atoms with van der Waals surface area (Å²) in [7, 11) is 0. The Hall–Kier alpha value is -0.300. The van der Waals surface area contributed by atoms with Crippen LogP contribution in [0.4, 0.5) is 0 Å². The molecule has 0 spiro atoms. The van der Waals surface area contributed by atoms with Gasteiger partial charge in [-0.3, -0.25) is 9.69 Å². The lowest BCUT2D eigenvalue weighted by atomic mass is 9.95. The number of likely N-dealkylation sites (tertiary alicyclic amines) is 1. The van der Waals surface area contributed by atoms with Crippen molar-refractivity contribution in [2.24, 2.45) is 5.92 Å². The lowest BCUT2D eigenvalue weighted by molar-refractivity contribution is -0.134. The second kappa shape index (κ2) is 7.81. The van der Waals surface area contributed by atoms with Crippen molar-refractivity contribution in [2.45, 2.75) is 18.9 Å². The van der Waals surface area contributed by atoms with Gasteiger partial charge in [0.2, 0.25) is 5.91 Å². The molecule has 0 saturated carbocycles. The van der Waals surface area contributed by atoms with Crippen molar-refractivity contribution in [2.75, 3.05) is 64.0 Å². The molecule has 0 radical (unpaired) electrons. The van der Waals surface area contributed by atoms with Crippen molar-refractivity contribution in [1.82, 2.24) is 15.1 Å². The van der Waals surface area contributed by atoms with E-state index in [1.54, 1.807) is 0 Å². The Bertz CT molecular complexity index is 336. The fourth-order valence-corrected chi connectivity index (χ4v) is 4.35. The number of ether oxygens (including phenoxy) is 1. The zero-order valence-electron chi connectivity index (χ0n) is 12.8. The largest absolute Gasteiger partial charge is 0.379 e. The van der Waals surface area contributed by atoms with Crippen LogP contribution in [0.15, 0.2) is 0 Å². The van der Waals surface area contributed by atoms with Gasteiger partial charge in [-0.2, -0.15) is 11.8 Å². The molecule has 0 aromatic rings. The van der Waals surface area contributed by atoms with Crippen LogP contribution in [0.5, 0.6) is 0 Å². The summed E-state index contributed by atoms with van der Waals surface area (Å²) >= 11 is 1.89. The highest BCUT2D eigenvalue weighted by atomic mass is 32.2. The highest BCUT2D eigenvalue weighted by Crippen LogP contribution is 2.20. The van der Waals surface area contributed by atoms with Crippen molar-refractivity contribution in [1.29, 1.82) is 0 Å². The topological polar surface area (TPSA) is 44.8 Å². The highest BCUT2D eigenvalue weighted by molar-refractivity contribution is 7.99. The van der Waals surface area contributed by atoms with Crippen molar-refractivity contribution in [3.63, 3.8) is 0 Å². The lowest BCUT2D eigenvalue weighted by Gasteiger charge is -2.37. The minimum absolute atomic E-state index is 0.0551. The Labute approximate surface area is 131 Å². The fourth-order valence-electron chi connectivity index (χ4n) is 3.43. The average molecular weight is 313 g/mol. The van der Waals surface area contributed by atoms with Gasteiger partial charge >= 0.3 is 0 Å². The predicted molar refractivity (Wildman–Crippen MR) is 85.7 cm³/mol. The molecule has 3 saturated heterocycles. The van der Waals surface area contributed by atoms with Crippen LogP contribution in [0, 0.1) is 5.92 Å². The molecule has 21 heavy (non-hydrogen) atoms. The zero-order chi connectivity index (χ0) is 14.5. The number of hydrogen-bond acceptors (Lipinski definition) is 5. The first-order chi connectivity index (χ1) is 10.3. The Kier molecular flexibility index (Phi) is 5.80. The standard InChI is InChI=1S/C15H27N3O2S/c19-15(14-12-21-10-3-16-14)18-4-1-13(2-5-18)11-17-6-8-20-9-7-17/h13-14,16H,1-12H2. The quantitative estimate of drug-likeness (QED) is 0.810. The fraction of sp³-hybridized carbons (Fsp3) is 0.933. The summed E-state index contributed by atoms with van der Waals surface area (Å²) in [6.45, 7) is 7.93. The third-order valence-corrected chi connectivity index (χ3v) is 5.83. The number of hydrogen-bond donors (Lipinski definition) is 1. The summed E-state index contributed by atoms with van der Waals surface area (Å²) in [6.07, 6.45) is 2.31. The van der Waals surface area contributed by atoms with Gasteiger partial charge in [0.05, 0.1) is 19.3 Å². The summed E-state index contributed by atoms with van der Waals surface area (Å²) in [5.74, 6) is 3.14. The third-order valence-electron chi connectivity index (χ3n) is 4.77. The molecule has 1 atom stereocenters. The van der Waals surface area contributed by atoms with Crippen molar-refractivity contribution in [3.8, 4) is 0 Å². The SMILES string of the molecule is O=C(C1CSCCN1)N1CCC(CN2CCOCC2)CC1. The number of nitrogens with zero attached hydrogens (tertiary/aromatic N) is 2.